The molecule has 0 amide bonds. The summed E-state index contributed by atoms with van der Waals surface area (Å²) < 4.78 is 13.5. The van der Waals surface area contributed by atoms with Gasteiger partial charge in [0.15, 0.2) is 5.82 Å². The second-order valence-electron chi connectivity index (χ2n) is 3.56. The lowest BCUT2D eigenvalue weighted by atomic mass is 10.2. The third kappa shape index (κ3) is 2.62. The molecule has 0 radical (unpaired) electrons. The third-order valence-corrected chi connectivity index (χ3v) is 2.60. The fraction of sp³-hybridized carbons (Fsp3) is 0.0833. The zero-order chi connectivity index (χ0) is 13.1. The van der Waals surface area contributed by atoms with Crippen LogP contribution in [0.2, 0.25) is 5.15 Å². The van der Waals surface area contributed by atoms with E-state index in [2.05, 4.69) is 9.97 Å². The number of halogens is 2. The van der Waals surface area contributed by atoms with E-state index in [-0.39, 0.29) is 23.0 Å². The van der Waals surface area contributed by atoms with Crippen LogP contribution in [0.4, 0.5) is 4.39 Å². The van der Waals surface area contributed by atoms with Crippen molar-refractivity contribution in [2.75, 3.05) is 0 Å². The van der Waals surface area contributed by atoms with Crippen LogP contribution in [0.1, 0.15) is 5.56 Å². The molecule has 0 aliphatic heterocycles. The van der Waals surface area contributed by atoms with Crippen LogP contribution >= 0.6 is 11.6 Å². The van der Waals surface area contributed by atoms with Crippen molar-refractivity contribution in [1.29, 1.82) is 0 Å². The molecule has 2 rings (SSSR count). The highest BCUT2D eigenvalue weighted by molar-refractivity contribution is 6.30. The molecule has 0 fully saturated rings. The fourth-order valence-electron chi connectivity index (χ4n) is 1.44. The molecule has 18 heavy (non-hydrogen) atoms. The molecule has 0 saturated heterocycles. The van der Waals surface area contributed by atoms with Gasteiger partial charge in [0.25, 0.3) is 0 Å². The van der Waals surface area contributed by atoms with E-state index in [1.54, 1.807) is 12.1 Å². The molecule has 0 atom stereocenters. The maximum Gasteiger partial charge on any atom is 0.307 e. The second kappa shape index (κ2) is 5.10. The van der Waals surface area contributed by atoms with Gasteiger partial charge in [-0.2, -0.15) is 0 Å². The Bertz CT molecular complexity index is 604. The molecule has 2 aromatic rings. The van der Waals surface area contributed by atoms with E-state index >= 15 is 0 Å². The molecule has 1 heterocycles. The van der Waals surface area contributed by atoms with Gasteiger partial charge in [0.05, 0.1) is 12.0 Å². The summed E-state index contributed by atoms with van der Waals surface area (Å²) in [5, 5.41) is 8.67. The van der Waals surface area contributed by atoms with Crippen molar-refractivity contribution < 1.29 is 14.3 Å². The number of benzene rings is 1. The highest BCUT2D eigenvalue weighted by atomic mass is 35.5. The Labute approximate surface area is 107 Å². The minimum absolute atomic E-state index is 0.0191. The van der Waals surface area contributed by atoms with Gasteiger partial charge in [0.2, 0.25) is 0 Å². The number of hydrogen-bond donors (Lipinski definition) is 1. The van der Waals surface area contributed by atoms with E-state index in [0.29, 0.717) is 5.56 Å². The second-order valence-corrected chi connectivity index (χ2v) is 3.92. The maximum atomic E-state index is 13.5. The van der Waals surface area contributed by atoms with Crippen LogP contribution in [-0.4, -0.2) is 21.0 Å². The number of carbonyl (C=O) groups is 1. The summed E-state index contributed by atoms with van der Waals surface area (Å²) in [5.41, 5.74) is 0.519. The molecular weight excluding hydrogens is 259 g/mol. The van der Waals surface area contributed by atoms with Crippen molar-refractivity contribution >= 4 is 17.6 Å². The minimum Gasteiger partial charge on any atom is -0.481 e. The summed E-state index contributed by atoms with van der Waals surface area (Å²) in [4.78, 5) is 18.4. The first kappa shape index (κ1) is 12.4. The summed E-state index contributed by atoms with van der Waals surface area (Å²) in [6.07, 6.45) is 1.03. The van der Waals surface area contributed by atoms with Crippen LogP contribution < -0.4 is 0 Å². The van der Waals surface area contributed by atoms with Gasteiger partial charge in [-0.05, 0) is 12.1 Å². The van der Waals surface area contributed by atoms with Crippen LogP contribution in [0.25, 0.3) is 11.4 Å². The lowest BCUT2D eigenvalue weighted by Gasteiger charge is -2.04. The van der Waals surface area contributed by atoms with E-state index in [0.717, 1.165) is 0 Å². The van der Waals surface area contributed by atoms with Crippen LogP contribution in [0.5, 0.6) is 0 Å². The maximum absolute atomic E-state index is 13.5. The third-order valence-electron chi connectivity index (χ3n) is 2.27. The van der Waals surface area contributed by atoms with Crippen LogP contribution in [0.3, 0.4) is 0 Å². The van der Waals surface area contributed by atoms with Crippen LogP contribution in [-0.2, 0) is 11.2 Å². The van der Waals surface area contributed by atoms with Gasteiger partial charge in [-0.3, -0.25) is 4.79 Å². The number of nitrogens with zero attached hydrogens (tertiary/aromatic N) is 2. The summed E-state index contributed by atoms with van der Waals surface area (Å²) in [7, 11) is 0. The Kier molecular flexibility index (Phi) is 3.53. The van der Waals surface area contributed by atoms with Crippen molar-refractivity contribution in [3.8, 4) is 11.4 Å². The number of aromatic nitrogens is 2. The lowest BCUT2D eigenvalue weighted by Crippen LogP contribution is -2.03. The molecular formula is C12H8ClFN2O2. The smallest absolute Gasteiger partial charge is 0.307 e. The molecule has 0 aliphatic rings. The quantitative estimate of drug-likeness (QED) is 0.867. The van der Waals surface area contributed by atoms with Crippen molar-refractivity contribution in [3.05, 3.63) is 47.0 Å². The first-order valence-corrected chi connectivity index (χ1v) is 5.44. The number of rotatable bonds is 3. The predicted molar refractivity (Wildman–Crippen MR) is 63.8 cm³/mol. The van der Waals surface area contributed by atoms with Gasteiger partial charge in [-0.25, -0.2) is 14.4 Å². The number of hydrogen-bond acceptors (Lipinski definition) is 3. The standard InChI is InChI=1S/C12H8ClFN2O2/c13-11-7(5-10(17)18)6-15-12(16-11)8-3-1-2-4-9(8)14/h1-4,6H,5H2,(H,17,18). The molecule has 0 spiro atoms. The van der Waals surface area contributed by atoms with E-state index in [1.165, 1.54) is 18.3 Å². The highest BCUT2D eigenvalue weighted by Gasteiger charge is 2.12. The molecule has 4 nitrogen and oxygen atoms in total. The molecule has 0 bridgehead atoms. The van der Waals surface area contributed by atoms with Crippen molar-refractivity contribution in [2.24, 2.45) is 0 Å². The topological polar surface area (TPSA) is 63.1 Å². The lowest BCUT2D eigenvalue weighted by molar-refractivity contribution is -0.136. The van der Waals surface area contributed by atoms with Crippen molar-refractivity contribution in [3.63, 3.8) is 0 Å². The van der Waals surface area contributed by atoms with E-state index in [1.807, 2.05) is 0 Å². The predicted octanol–water partition coefficient (Wildman–Crippen LogP) is 2.56. The van der Waals surface area contributed by atoms with Gasteiger partial charge in [0, 0.05) is 11.8 Å². The van der Waals surface area contributed by atoms with Gasteiger partial charge in [-0.1, -0.05) is 23.7 Å². The monoisotopic (exact) mass is 266 g/mol. The molecule has 0 aliphatic carbocycles. The molecule has 1 aromatic heterocycles. The van der Waals surface area contributed by atoms with Gasteiger partial charge in [0.1, 0.15) is 11.0 Å². The first-order valence-electron chi connectivity index (χ1n) is 5.06. The average molecular weight is 267 g/mol. The Morgan fingerprint density at radius 1 is 1.39 bits per heavy atom. The Morgan fingerprint density at radius 3 is 2.72 bits per heavy atom. The summed E-state index contributed by atoms with van der Waals surface area (Å²) in [6, 6.07) is 6.02. The van der Waals surface area contributed by atoms with Gasteiger partial charge < -0.3 is 5.11 Å². The van der Waals surface area contributed by atoms with Crippen LogP contribution in [0, 0.1) is 5.82 Å². The van der Waals surface area contributed by atoms with Gasteiger partial charge in [-0.15, -0.1) is 0 Å². The minimum atomic E-state index is -1.03. The largest absolute Gasteiger partial charge is 0.481 e. The Balaban J connectivity index is 2.40. The van der Waals surface area contributed by atoms with Gasteiger partial charge >= 0.3 is 5.97 Å². The van der Waals surface area contributed by atoms with E-state index < -0.39 is 11.8 Å². The van der Waals surface area contributed by atoms with Crippen LogP contribution in [0.15, 0.2) is 30.5 Å². The summed E-state index contributed by atoms with van der Waals surface area (Å²) in [6.45, 7) is 0. The first-order chi connectivity index (χ1) is 8.58. The summed E-state index contributed by atoms with van der Waals surface area (Å²) in [5.74, 6) is -1.36. The molecule has 0 unspecified atom stereocenters. The molecule has 6 heteroatoms. The number of carboxylic acid groups (broad SMARTS) is 1. The van der Waals surface area contributed by atoms with Crippen molar-refractivity contribution in [2.45, 2.75) is 6.42 Å². The average Bonchev–Trinajstić information content (AvgIpc) is 2.32. The Morgan fingerprint density at radius 2 is 2.11 bits per heavy atom. The SMILES string of the molecule is O=C(O)Cc1cnc(-c2ccccc2F)nc1Cl. The van der Waals surface area contributed by atoms with Crippen molar-refractivity contribution in [1.82, 2.24) is 9.97 Å². The normalized spacial score (nSPS) is 10.3. The molecule has 1 aromatic carbocycles. The molecule has 92 valence electrons. The highest BCUT2D eigenvalue weighted by Crippen LogP contribution is 2.21. The Hall–Kier alpha value is -2.01. The molecule has 1 N–H and O–H groups in total. The fourth-order valence-corrected chi connectivity index (χ4v) is 1.64. The van der Waals surface area contributed by atoms with E-state index in [4.69, 9.17) is 16.7 Å². The van der Waals surface area contributed by atoms with E-state index in [9.17, 15) is 9.18 Å². The number of carboxylic acids is 1. The molecule has 0 saturated carbocycles. The zero-order valence-electron chi connectivity index (χ0n) is 9.10. The number of aliphatic carboxylic acids is 1. The zero-order valence-corrected chi connectivity index (χ0v) is 9.86. The summed E-state index contributed by atoms with van der Waals surface area (Å²) >= 11 is 5.84.